The predicted molar refractivity (Wildman–Crippen MR) is 214 cm³/mol. The van der Waals surface area contributed by atoms with Gasteiger partial charge in [0.15, 0.2) is 0 Å². The van der Waals surface area contributed by atoms with Crippen LogP contribution in [0, 0.1) is 0 Å². The van der Waals surface area contributed by atoms with E-state index >= 15 is 0 Å². The molecule has 0 radical (unpaired) electrons. The van der Waals surface area contributed by atoms with Gasteiger partial charge < -0.3 is 9.80 Å². The Kier molecular flexibility index (Phi) is 7.53. The molecule has 0 saturated heterocycles. The van der Waals surface area contributed by atoms with Crippen LogP contribution in [0.15, 0.2) is 206 Å². The fourth-order valence-electron chi connectivity index (χ4n) is 7.29. The lowest BCUT2D eigenvalue weighted by Gasteiger charge is -2.26. The Bertz CT molecular complexity index is 2480. The molecule has 2 nitrogen and oxygen atoms in total. The molecule has 0 spiro atoms. The number of benzene rings is 9. The highest BCUT2D eigenvalue weighted by Gasteiger charge is 2.17. The summed E-state index contributed by atoms with van der Waals surface area (Å²) < 4.78 is 0. The molecule has 9 aromatic carbocycles. The van der Waals surface area contributed by atoms with Crippen LogP contribution < -0.4 is 9.80 Å². The summed E-state index contributed by atoms with van der Waals surface area (Å²) in [5, 5.41) is 7.53. The molecule has 0 atom stereocenters. The highest BCUT2D eigenvalue weighted by Crippen LogP contribution is 2.42. The Morgan fingerprint density at radius 1 is 0.200 bits per heavy atom. The minimum atomic E-state index is 1.12. The van der Waals surface area contributed by atoms with Crippen molar-refractivity contribution >= 4 is 66.4 Å². The third kappa shape index (κ3) is 5.34. The van der Waals surface area contributed by atoms with Crippen molar-refractivity contribution in [1.29, 1.82) is 0 Å². The van der Waals surface area contributed by atoms with Gasteiger partial charge in [-0.25, -0.2) is 0 Å². The van der Waals surface area contributed by atoms with E-state index in [0.717, 1.165) is 34.1 Å². The van der Waals surface area contributed by atoms with Gasteiger partial charge in [-0.3, -0.25) is 0 Å². The lowest BCUT2D eigenvalue weighted by Crippen LogP contribution is -2.09. The highest BCUT2D eigenvalue weighted by molar-refractivity contribution is 6.26. The van der Waals surface area contributed by atoms with E-state index in [1.807, 2.05) is 0 Å². The molecule has 0 unspecified atom stereocenters. The standard InChI is InChI=1S/C48H34N2/c1-5-17-37(18-6-1)49(38-19-7-2-8-20-38)41-25-15-16-35(32-41)36-28-30-45-46-31-29-42(34-48(46)44-27-14-13-26-43(44)47(45)33-36)50(39-21-9-3-10-22-39)40-23-11-4-12-24-40/h1-34H. The van der Waals surface area contributed by atoms with E-state index in [-0.39, 0.29) is 0 Å². The molecule has 0 fully saturated rings. The quantitative estimate of drug-likeness (QED) is 0.160. The fourth-order valence-corrected chi connectivity index (χ4v) is 7.29. The second-order valence-corrected chi connectivity index (χ2v) is 12.6. The lowest BCUT2D eigenvalue weighted by atomic mass is 9.91. The summed E-state index contributed by atoms with van der Waals surface area (Å²) >= 11 is 0. The molecular weight excluding hydrogens is 605 g/mol. The molecule has 2 heteroatoms. The van der Waals surface area contributed by atoms with E-state index in [1.54, 1.807) is 0 Å². The summed E-state index contributed by atoms with van der Waals surface area (Å²) in [5.74, 6) is 0. The molecule has 50 heavy (non-hydrogen) atoms. The van der Waals surface area contributed by atoms with Crippen LogP contribution in [0.3, 0.4) is 0 Å². The number of hydrogen-bond acceptors (Lipinski definition) is 2. The Labute approximate surface area is 292 Å². The van der Waals surface area contributed by atoms with Crippen LogP contribution in [0.25, 0.3) is 43.4 Å². The molecule has 0 amide bonds. The van der Waals surface area contributed by atoms with Gasteiger partial charge in [-0.15, -0.1) is 0 Å². The second kappa shape index (κ2) is 12.8. The lowest BCUT2D eigenvalue weighted by molar-refractivity contribution is 1.28. The third-order valence-corrected chi connectivity index (χ3v) is 9.57. The van der Waals surface area contributed by atoms with Crippen molar-refractivity contribution in [3.8, 4) is 11.1 Å². The maximum Gasteiger partial charge on any atom is 0.0468 e. The van der Waals surface area contributed by atoms with Crippen molar-refractivity contribution in [3.63, 3.8) is 0 Å². The first kappa shape index (κ1) is 29.5. The molecule has 0 aromatic heterocycles. The first-order valence-corrected chi connectivity index (χ1v) is 17.1. The van der Waals surface area contributed by atoms with E-state index < -0.39 is 0 Å². The van der Waals surface area contributed by atoms with Crippen molar-refractivity contribution in [1.82, 2.24) is 0 Å². The Balaban J connectivity index is 1.19. The number of nitrogens with zero attached hydrogens (tertiary/aromatic N) is 2. The smallest absolute Gasteiger partial charge is 0.0468 e. The third-order valence-electron chi connectivity index (χ3n) is 9.57. The normalized spacial score (nSPS) is 11.2. The van der Waals surface area contributed by atoms with Gasteiger partial charge in [-0.2, -0.15) is 0 Å². The summed E-state index contributed by atoms with van der Waals surface area (Å²) in [7, 11) is 0. The van der Waals surface area contributed by atoms with Crippen LogP contribution in [0.4, 0.5) is 34.1 Å². The maximum atomic E-state index is 2.37. The predicted octanol–water partition coefficient (Wildman–Crippen LogP) is 13.8. The van der Waals surface area contributed by atoms with E-state index in [0.29, 0.717) is 0 Å². The van der Waals surface area contributed by atoms with Gasteiger partial charge in [-0.1, -0.05) is 127 Å². The van der Waals surface area contributed by atoms with Crippen molar-refractivity contribution in [3.05, 3.63) is 206 Å². The number of rotatable bonds is 7. The average molecular weight is 639 g/mol. The largest absolute Gasteiger partial charge is 0.310 e. The van der Waals surface area contributed by atoms with Gasteiger partial charge in [0.05, 0.1) is 0 Å². The average Bonchev–Trinajstić information content (AvgIpc) is 3.20. The zero-order valence-electron chi connectivity index (χ0n) is 27.5. The van der Waals surface area contributed by atoms with Crippen molar-refractivity contribution in [2.45, 2.75) is 0 Å². The molecule has 9 rings (SSSR count). The molecule has 0 aliphatic heterocycles. The van der Waals surface area contributed by atoms with E-state index in [4.69, 9.17) is 0 Å². The molecule has 236 valence electrons. The Morgan fingerprint density at radius 3 is 1.06 bits per heavy atom. The summed E-state index contributed by atoms with van der Waals surface area (Å²) in [5.41, 5.74) is 9.16. The van der Waals surface area contributed by atoms with Crippen LogP contribution >= 0.6 is 0 Å². The minimum absolute atomic E-state index is 1.12. The fraction of sp³-hybridized carbons (Fsp3) is 0. The van der Waals surface area contributed by atoms with Gasteiger partial charge in [0.25, 0.3) is 0 Å². The zero-order valence-corrected chi connectivity index (χ0v) is 27.5. The van der Waals surface area contributed by atoms with Crippen molar-refractivity contribution in [2.24, 2.45) is 0 Å². The monoisotopic (exact) mass is 638 g/mol. The summed E-state index contributed by atoms with van der Waals surface area (Å²) in [6.07, 6.45) is 0. The highest BCUT2D eigenvalue weighted by atomic mass is 15.1. The molecule has 0 saturated carbocycles. The summed E-state index contributed by atoms with van der Waals surface area (Å²) in [6.45, 7) is 0. The first-order chi connectivity index (χ1) is 24.8. The number of para-hydroxylation sites is 4. The molecule has 0 aliphatic rings. The van der Waals surface area contributed by atoms with Gasteiger partial charge in [0.2, 0.25) is 0 Å². The SMILES string of the molecule is c1ccc(N(c2ccccc2)c2cccc(-c3ccc4c5ccc(N(c6ccccc6)c6ccccc6)cc5c5ccccc5c4c3)c2)cc1. The molecule has 0 heterocycles. The van der Waals surface area contributed by atoms with Gasteiger partial charge in [0, 0.05) is 34.1 Å². The first-order valence-electron chi connectivity index (χ1n) is 17.1. The van der Waals surface area contributed by atoms with Crippen LogP contribution in [-0.2, 0) is 0 Å². The number of hydrogen-bond donors (Lipinski definition) is 0. The molecule has 0 N–H and O–H groups in total. The number of fused-ring (bicyclic) bond motifs is 6. The van der Waals surface area contributed by atoms with Gasteiger partial charge in [-0.05, 0) is 122 Å². The van der Waals surface area contributed by atoms with Crippen LogP contribution in [0.1, 0.15) is 0 Å². The van der Waals surface area contributed by atoms with Crippen LogP contribution in [0.5, 0.6) is 0 Å². The Hall–Kier alpha value is -6.64. The van der Waals surface area contributed by atoms with E-state index in [1.165, 1.54) is 43.4 Å². The summed E-state index contributed by atoms with van der Waals surface area (Å²) in [6, 6.07) is 74.0. The number of anilines is 6. The van der Waals surface area contributed by atoms with Gasteiger partial charge >= 0.3 is 0 Å². The Morgan fingerprint density at radius 2 is 0.560 bits per heavy atom. The van der Waals surface area contributed by atoms with Crippen molar-refractivity contribution in [2.75, 3.05) is 9.80 Å². The molecular formula is C48H34N2. The maximum absolute atomic E-state index is 2.37. The molecule has 0 bridgehead atoms. The van der Waals surface area contributed by atoms with E-state index in [2.05, 4.69) is 216 Å². The van der Waals surface area contributed by atoms with E-state index in [9.17, 15) is 0 Å². The van der Waals surface area contributed by atoms with Gasteiger partial charge in [0.1, 0.15) is 0 Å². The second-order valence-electron chi connectivity index (χ2n) is 12.6. The molecule has 9 aromatic rings. The summed E-state index contributed by atoms with van der Waals surface area (Å²) in [4.78, 5) is 4.65. The van der Waals surface area contributed by atoms with Crippen LogP contribution in [0.2, 0.25) is 0 Å². The zero-order chi connectivity index (χ0) is 33.3. The molecule has 0 aliphatic carbocycles. The van der Waals surface area contributed by atoms with Crippen molar-refractivity contribution < 1.29 is 0 Å². The van der Waals surface area contributed by atoms with Crippen LogP contribution in [-0.4, -0.2) is 0 Å². The minimum Gasteiger partial charge on any atom is -0.310 e. The topological polar surface area (TPSA) is 6.48 Å².